The van der Waals surface area contributed by atoms with Crippen LogP contribution in [0, 0.1) is 11.7 Å². The molecule has 2 aliphatic heterocycles. The molecule has 1 amide bonds. The molecule has 0 radical (unpaired) electrons. The first-order chi connectivity index (χ1) is 13.2. The molecule has 8 heteroatoms. The van der Waals surface area contributed by atoms with Crippen LogP contribution in [-0.2, 0) is 16.1 Å². The summed E-state index contributed by atoms with van der Waals surface area (Å²) < 4.78 is 23.7. The van der Waals surface area contributed by atoms with Crippen molar-refractivity contribution in [3.05, 3.63) is 36.0 Å². The number of hydrogen-bond donors (Lipinski definition) is 0. The number of nitrogens with zero attached hydrogens (tertiary/aromatic N) is 4. The maximum absolute atomic E-state index is 13.0. The van der Waals surface area contributed by atoms with Crippen molar-refractivity contribution >= 4 is 5.91 Å². The average molecular weight is 374 g/mol. The lowest BCUT2D eigenvalue weighted by molar-refractivity contribution is -0.141. The molecule has 0 saturated carbocycles. The predicted molar refractivity (Wildman–Crippen MR) is 95.1 cm³/mol. The highest BCUT2D eigenvalue weighted by Gasteiger charge is 2.29. The maximum atomic E-state index is 13.0. The second kappa shape index (κ2) is 8.14. The molecular formula is C19H23FN4O3. The topological polar surface area (TPSA) is 71.7 Å². The molecule has 4 rings (SSSR count). The molecule has 0 aliphatic carbocycles. The second-order valence-electron chi connectivity index (χ2n) is 7.01. The van der Waals surface area contributed by atoms with Gasteiger partial charge in [0.15, 0.2) is 0 Å². The normalized spacial score (nSPS) is 19.4. The van der Waals surface area contributed by atoms with Crippen molar-refractivity contribution in [1.82, 2.24) is 19.9 Å². The fourth-order valence-electron chi connectivity index (χ4n) is 3.61. The number of hydrogen-bond acceptors (Lipinski definition) is 6. The summed E-state index contributed by atoms with van der Waals surface area (Å²) in [6, 6.07) is 6.02. The van der Waals surface area contributed by atoms with Gasteiger partial charge in [0.25, 0.3) is 0 Å². The third-order valence-electron chi connectivity index (χ3n) is 5.19. The van der Waals surface area contributed by atoms with Gasteiger partial charge in [-0.1, -0.05) is 5.16 Å². The number of rotatable bonds is 4. The summed E-state index contributed by atoms with van der Waals surface area (Å²) in [5, 5.41) is 3.98. The van der Waals surface area contributed by atoms with E-state index >= 15 is 0 Å². The number of carbonyl (C=O) groups excluding carboxylic acids is 1. The highest BCUT2D eigenvalue weighted by molar-refractivity contribution is 5.79. The Bertz CT molecular complexity index is 766. The van der Waals surface area contributed by atoms with Crippen LogP contribution in [0.5, 0.6) is 0 Å². The van der Waals surface area contributed by atoms with Gasteiger partial charge in [-0.05, 0) is 50.2 Å². The third kappa shape index (κ3) is 4.33. The van der Waals surface area contributed by atoms with Crippen LogP contribution in [0.1, 0.15) is 18.7 Å². The Morgan fingerprint density at radius 3 is 2.52 bits per heavy atom. The van der Waals surface area contributed by atoms with Crippen LogP contribution in [-0.4, -0.2) is 65.2 Å². The fourth-order valence-corrected chi connectivity index (χ4v) is 3.61. The molecule has 0 bridgehead atoms. The van der Waals surface area contributed by atoms with Gasteiger partial charge in [0, 0.05) is 24.6 Å². The van der Waals surface area contributed by atoms with Crippen molar-refractivity contribution < 1.29 is 18.4 Å². The zero-order chi connectivity index (χ0) is 18.6. The van der Waals surface area contributed by atoms with E-state index in [1.807, 2.05) is 4.90 Å². The smallest absolute Gasteiger partial charge is 0.241 e. The second-order valence-corrected chi connectivity index (χ2v) is 7.01. The summed E-state index contributed by atoms with van der Waals surface area (Å²) in [6.45, 7) is 4.90. The fraction of sp³-hybridized carbons (Fsp3) is 0.526. The van der Waals surface area contributed by atoms with Gasteiger partial charge in [0.2, 0.25) is 17.6 Å². The Labute approximate surface area is 157 Å². The van der Waals surface area contributed by atoms with Gasteiger partial charge < -0.3 is 14.2 Å². The lowest BCUT2D eigenvalue weighted by atomic mass is 9.95. The molecule has 0 N–H and O–H groups in total. The van der Waals surface area contributed by atoms with Crippen molar-refractivity contribution in [2.45, 2.75) is 19.4 Å². The van der Waals surface area contributed by atoms with E-state index in [4.69, 9.17) is 9.26 Å². The molecule has 3 heterocycles. The van der Waals surface area contributed by atoms with Gasteiger partial charge in [-0.3, -0.25) is 9.69 Å². The Morgan fingerprint density at radius 1 is 1.11 bits per heavy atom. The summed E-state index contributed by atoms with van der Waals surface area (Å²) in [5.41, 5.74) is 0.723. The van der Waals surface area contributed by atoms with Gasteiger partial charge in [-0.15, -0.1) is 0 Å². The van der Waals surface area contributed by atoms with Crippen LogP contribution >= 0.6 is 0 Å². The number of piperidine rings is 1. The van der Waals surface area contributed by atoms with Gasteiger partial charge in [-0.2, -0.15) is 4.98 Å². The number of ether oxygens (including phenoxy) is 1. The molecule has 2 fully saturated rings. The van der Waals surface area contributed by atoms with Crippen LogP contribution in [0.4, 0.5) is 4.39 Å². The van der Waals surface area contributed by atoms with Gasteiger partial charge in [0.05, 0.1) is 19.8 Å². The van der Waals surface area contributed by atoms with Gasteiger partial charge in [-0.25, -0.2) is 4.39 Å². The predicted octanol–water partition coefficient (Wildman–Crippen LogP) is 1.95. The summed E-state index contributed by atoms with van der Waals surface area (Å²) in [7, 11) is 0. The van der Waals surface area contributed by atoms with Crippen molar-refractivity contribution in [2.75, 3.05) is 39.4 Å². The molecule has 0 atom stereocenters. The number of likely N-dealkylation sites (tertiary alicyclic amines) is 1. The molecule has 27 heavy (non-hydrogen) atoms. The highest BCUT2D eigenvalue weighted by Crippen LogP contribution is 2.22. The summed E-state index contributed by atoms with van der Waals surface area (Å²) >= 11 is 0. The standard InChI is InChI=1S/C19H23FN4O3/c20-16-3-1-14(2-4-16)18-21-17(27-22-18)13-23-7-5-15(6-8-23)19(25)24-9-11-26-12-10-24/h1-4,15H,5-13H2. The lowest BCUT2D eigenvalue weighted by Gasteiger charge is -2.35. The van der Waals surface area contributed by atoms with Crippen LogP contribution < -0.4 is 0 Å². The minimum atomic E-state index is -0.294. The molecule has 1 aromatic heterocycles. The zero-order valence-electron chi connectivity index (χ0n) is 15.1. The monoisotopic (exact) mass is 374 g/mol. The van der Waals surface area contributed by atoms with Crippen LogP contribution in [0.15, 0.2) is 28.8 Å². The summed E-state index contributed by atoms with van der Waals surface area (Å²) in [5.74, 6) is 1.05. The van der Waals surface area contributed by atoms with Crippen LogP contribution in [0.3, 0.4) is 0 Å². The SMILES string of the molecule is O=C(C1CCN(Cc2nc(-c3ccc(F)cc3)no2)CC1)N1CCOCC1. The first-order valence-electron chi connectivity index (χ1n) is 9.36. The van der Waals surface area contributed by atoms with E-state index in [2.05, 4.69) is 15.0 Å². The minimum absolute atomic E-state index is 0.0943. The Morgan fingerprint density at radius 2 is 1.81 bits per heavy atom. The Kier molecular flexibility index (Phi) is 5.45. The molecule has 7 nitrogen and oxygen atoms in total. The van der Waals surface area contributed by atoms with Crippen LogP contribution in [0.25, 0.3) is 11.4 Å². The van der Waals surface area contributed by atoms with Crippen molar-refractivity contribution in [2.24, 2.45) is 5.92 Å². The number of aromatic nitrogens is 2. The molecule has 0 spiro atoms. The number of halogens is 1. The highest BCUT2D eigenvalue weighted by atomic mass is 19.1. The van der Waals surface area contributed by atoms with E-state index in [0.717, 1.165) is 31.5 Å². The van der Waals surface area contributed by atoms with Crippen LogP contribution in [0.2, 0.25) is 0 Å². The molecule has 144 valence electrons. The molecule has 0 unspecified atom stereocenters. The lowest BCUT2D eigenvalue weighted by Crippen LogP contribution is -2.46. The van der Waals surface area contributed by atoms with Gasteiger partial charge >= 0.3 is 0 Å². The van der Waals surface area contributed by atoms with E-state index in [1.54, 1.807) is 12.1 Å². The number of carbonyl (C=O) groups is 1. The largest absolute Gasteiger partial charge is 0.378 e. The zero-order valence-corrected chi connectivity index (χ0v) is 15.1. The summed E-state index contributed by atoms with van der Waals surface area (Å²) in [4.78, 5) is 21.1. The van der Waals surface area contributed by atoms with E-state index < -0.39 is 0 Å². The molecular weight excluding hydrogens is 351 g/mol. The van der Waals surface area contributed by atoms with E-state index in [9.17, 15) is 9.18 Å². The van der Waals surface area contributed by atoms with E-state index in [0.29, 0.717) is 44.6 Å². The molecule has 2 saturated heterocycles. The Balaban J connectivity index is 1.29. The summed E-state index contributed by atoms with van der Waals surface area (Å²) in [6.07, 6.45) is 1.68. The van der Waals surface area contributed by atoms with E-state index in [-0.39, 0.29) is 17.6 Å². The number of morpholine rings is 1. The first kappa shape index (κ1) is 18.1. The Hall–Kier alpha value is -2.32. The number of amides is 1. The molecule has 2 aliphatic rings. The van der Waals surface area contributed by atoms with Crippen molar-refractivity contribution in [1.29, 1.82) is 0 Å². The van der Waals surface area contributed by atoms with Crippen molar-refractivity contribution in [3.8, 4) is 11.4 Å². The van der Waals surface area contributed by atoms with Crippen molar-refractivity contribution in [3.63, 3.8) is 0 Å². The quantitative estimate of drug-likeness (QED) is 0.815. The maximum Gasteiger partial charge on any atom is 0.241 e. The van der Waals surface area contributed by atoms with E-state index in [1.165, 1.54) is 12.1 Å². The van der Waals surface area contributed by atoms with Gasteiger partial charge in [0.1, 0.15) is 5.82 Å². The number of benzene rings is 1. The minimum Gasteiger partial charge on any atom is -0.378 e. The first-order valence-corrected chi connectivity index (χ1v) is 9.36. The molecule has 1 aromatic carbocycles. The average Bonchev–Trinajstić information content (AvgIpc) is 3.18. The third-order valence-corrected chi connectivity index (χ3v) is 5.19. The molecule has 2 aromatic rings.